The molecule has 0 saturated heterocycles. The quantitative estimate of drug-likeness (QED) is 0.733. The highest BCUT2D eigenvalue weighted by molar-refractivity contribution is 4.81. The van der Waals surface area contributed by atoms with Crippen LogP contribution in [0.4, 0.5) is 0 Å². The zero-order valence-electron chi connectivity index (χ0n) is 11.9. The summed E-state index contributed by atoms with van der Waals surface area (Å²) < 4.78 is 5.51. The number of aliphatic hydroxyl groups excluding tert-OH is 1. The molecule has 4 atom stereocenters. The molecule has 2 aliphatic carbocycles. The van der Waals surface area contributed by atoms with Crippen LogP contribution in [0, 0.1) is 17.8 Å². The lowest BCUT2D eigenvalue weighted by atomic mass is 9.80. The Labute approximate surface area is 111 Å². The number of hydrogen-bond donors (Lipinski definition) is 2. The van der Waals surface area contributed by atoms with Crippen molar-refractivity contribution in [1.82, 2.24) is 5.32 Å². The highest BCUT2D eigenvalue weighted by Gasteiger charge is 2.25. The van der Waals surface area contributed by atoms with E-state index >= 15 is 0 Å². The van der Waals surface area contributed by atoms with Crippen LogP contribution in [0.2, 0.25) is 0 Å². The van der Waals surface area contributed by atoms with Gasteiger partial charge in [-0.05, 0) is 49.9 Å². The van der Waals surface area contributed by atoms with E-state index in [1.165, 1.54) is 32.1 Å². The molecule has 0 aliphatic heterocycles. The van der Waals surface area contributed by atoms with E-state index in [1.807, 2.05) is 0 Å². The predicted molar refractivity (Wildman–Crippen MR) is 73.5 cm³/mol. The molecule has 2 fully saturated rings. The van der Waals surface area contributed by atoms with Gasteiger partial charge in [0, 0.05) is 19.2 Å². The van der Waals surface area contributed by atoms with Crippen molar-refractivity contribution < 1.29 is 9.84 Å². The standard InChI is InChI=1S/C15H29NO2/c1-11-3-6-15(12(2)7-11)16-8-14(17)10-18-9-13-4-5-13/h11-17H,3-10H2,1-2H3. The molecule has 3 heteroatoms. The van der Waals surface area contributed by atoms with Crippen LogP contribution >= 0.6 is 0 Å². The molecule has 0 aromatic rings. The van der Waals surface area contributed by atoms with Crippen molar-refractivity contribution in [2.75, 3.05) is 19.8 Å². The van der Waals surface area contributed by atoms with Crippen molar-refractivity contribution in [3.05, 3.63) is 0 Å². The average Bonchev–Trinajstić information content (AvgIpc) is 3.12. The van der Waals surface area contributed by atoms with Crippen LogP contribution in [0.15, 0.2) is 0 Å². The first-order valence-corrected chi connectivity index (χ1v) is 7.64. The van der Waals surface area contributed by atoms with E-state index in [-0.39, 0.29) is 6.10 Å². The van der Waals surface area contributed by atoms with Crippen LogP contribution < -0.4 is 5.32 Å². The largest absolute Gasteiger partial charge is 0.389 e. The molecular formula is C15H29NO2. The van der Waals surface area contributed by atoms with Gasteiger partial charge in [0.05, 0.1) is 12.7 Å². The molecule has 0 bridgehead atoms. The maximum absolute atomic E-state index is 9.86. The van der Waals surface area contributed by atoms with E-state index in [0.717, 1.165) is 24.4 Å². The van der Waals surface area contributed by atoms with Gasteiger partial charge in [-0.3, -0.25) is 0 Å². The molecule has 0 spiro atoms. The molecular weight excluding hydrogens is 226 g/mol. The van der Waals surface area contributed by atoms with Gasteiger partial charge in [-0.25, -0.2) is 0 Å². The summed E-state index contributed by atoms with van der Waals surface area (Å²) in [5.41, 5.74) is 0. The summed E-state index contributed by atoms with van der Waals surface area (Å²) in [4.78, 5) is 0. The Bertz CT molecular complexity index is 243. The van der Waals surface area contributed by atoms with E-state index in [0.29, 0.717) is 19.2 Å². The third kappa shape index (κ3) is 4.87. The fraction of sp³-hybridized carbons (Fsp3) is 1.00. The molecule has 0 heterocycles. The van der Waals surface area contributed by atoms with Crippen LogP contribution in [-0.4, -0.2) is 37.0 Å². The van der Waals surface area contributed by atoms with Gasteiger partial charge in [0.25, 0.3) is 0 Å². The molecule has 0 amide bonds. The smallest absolute Gasteiger partial charge is 0.0897 e. The Morgan fingerprint density at radius 2 is 2.00 bits per heavy atom. The van der Waals surface area contributed by atoms with Crippen molar-refractivity contribution in [1.29, 1.82) is 0 Å². The summed E-state index contributed by atoms with van der Waals surface area (Å²) in [5.74, 6) is 2.38. The number of hydrogen-bond acceptors (Lipinski definition) is 3. The van der Waals surface area contributed by atoms with Crippen molar-refractivity contribution in [3.63, 3.8) is 0 Å². The lowest BCUT2D eigenvalue weighted by molar-refractivity contribution is 0.0291. The first-order valence-electron chi connectivity index (χ1n) is 7.64. The highest BCUT2D eigenvalue weighted by atomic mass is 16.5. The summed E-state index contributed by atoms with van der Waals surface area (Å²) in [6, 6.07) is 0.583. The van der Waals surface area contributed by atoms with Gasteiger partial charge in [-0.2, -0.15) is 0 Å². The first kappa shape index (κ1) is 14.3. The van der Waals surface area contributed by atoms with Gasteiger partial charge >= 0.3 is 0 Å². The Kier molecular flexibility index (Phi) is 5.46. The lowest BCUT2D eigenvalue weighted by Crippen LogP contribution is -2.43. The molecule has 2 saturated carbocycles. The summed E-state index contributed by atoms with van der Waals surface area (Å²) >= 11 is 0. The zero-order valence-corrected chi connectivity index (χ0v) is 11.9. The molecule has 4 unspecified atom stereocenters. The van der Waals surface area contributed by atoms with E-state index in [9.17, 15) is 5.11 Å². The van der Waals surface area contributed by atoms with Gasteiger partial charge in [0.15, 0.2) is 0 Å². The maximum Gasteiger partial charge on any atom is 0.0897 e. The molecule has 18 heavy (non-hydrogen) atoms. The predicted octanol–water partition coefficient (Wildman–Crippen LogP) is 2.19. The van der Waals surface area contributed by atoms with Crippen LogP contribution in [-0.2, 0) is 4.74 Å². The molecule has 2 aliphatic rings. The number of rotatable bonds is 7. The number of nitrogens with one attached hydrogen (secondary N) is 1. The van der Waals surface area contributed by atoms with Gasteiger partial charge in [0.1, 0.15) is 0 Å². The second-order valence-corrected chi connectivity index (χ2v) is 6.54. The lowest BCUT2D eigenvalue weighted by Gasteiger charge is -2.33. The van der Waals surface area contributed by atoms with E-state index in [1.54, 1.807) is 0 Å². The monoisotopic (exact) mass is 255 g/mol. The number of aliphatic hydroxyl groups is 1. The summed E-state index contributed by atoms with van der Waals surface area (Å²) in [6.07, 6.45) is 6.15. The third-order valence-corrected chi connectivity index (χ3v) is 4.41. The first-order chi connectivity index (χ1) is 8.65. The molecule has 0 aromatic carbocycles. The Balaban J connectivity index is 1.55. The second kappa shape index (κ2) is 6.88. The Hall–Kier alpha value is -0.120. The van der Waals surface area contributed by atoms with Crippen LogP contribution in [0.3, 0.4) is 0 Å². The zero-order chi connectivity index (χ0) is 13.0. The second-order valence-electron chi connectivity index (χ2n) is 6.54. The molecule has 3 nitrogen and oxygen atoms in total. The van der Waals surface area contributed by atoms with E-state index in [4.69, 9.17) is 4.74 Å². The molecule has 0 radical (unpaired) electrons. The van der Waals surface area contributed by atoms with Crippen LogP contribution in [0.1, 0.15) is 46.0 Å². The topological polar surface area (TPSA) is 41.5 Å². The SMILES string of the molecule is CC1CCC(NCC(O)COCC2CC2)C(C)C1. The minimum absolute atomic E-state index is 0.352. The Morgan fingerprint density at radius 3 is 2.67 bits per heavy atom. The highest BCUT2D eigenvalue weighted by Crippen LogP contribution is 2.29. The van der Waals surface area contributed by atoms with E-state index < -0.39 is 0 Å². The molecule has 2 N–H and O–H groups in total. The minimum Gasteiger partial charge on any atom is -0.389 e. The van der Waals surface area contributed by atoms with Gasteiger partial charge < -0.3 is 15.2 Å². The fourth-order valence-electron chi connectivity index (χ4n) is 2.97. The maximum atomic E-state index is 9.86. The van der Waals surface area contributed by atoms with Crippen LogP contribution in [0.25, 0.3) is 0 Å². The summed E-state index contributed by atoms with van der Waals surface area (Å²) in [7, 11) is 0. The average molecular weight is 255 g/mol. The van der Waals surface area contributed by atoms with Gasteiger partial charge in [-0.1, -0.05) is 13.8 Å². The van der Waals surface area contributed by atoms with Crippen molar-refractivity contribution in [2.24, 2.45) is 17.8 Å². The van der Waals surface area contributed by atoms with Crippen LogP contribution in [0.5, 0.6) is 0 Å². The molecule has 0 aromatic heterocycles. The molecule has 2 rings (SSSR count). The summed E-state index contributed by atoms with van der Waals surface area (Å²) in [6.45, 7) is 6.67. The Morgan fingerprint density at radius 1 is 1.22 bits per heavy atom. The number of ether oxygens (including phenoxy) is 1. The fourth-order valence-corrected chi connectivity index (χ4v) is 2.97. The molecule has 106 valence electrons. The van der Waals surface area contributed by atoms with E-state index in [2.05, 4.69) is 19.2 Å². The van der Waals surface area contributed by atoms with Crippen molar-refractivity contribution in [3.8, 4) is 0 Å². The minimum atomic E-state index is -0.352. The summed E-state index contributed by atoms with van der Waals surface area (Å²) in [5, 5.41) is 13.4. The van der Waals surface area contributed by atoms with Crippen molar-refractivity contribution in [2.45, 2.75) is 58.1 Å². The third-order valence-electron chi connectivity index (χ3n) is 4.41. The normalized spacial score (nSPS) is 34.5. The van der Waals surface area contributed by atoms with Crippen molar-refractivity contribution >= 4 is 0 Å². The van der Waals surface area contributed by atoms with Gasteiger partial charge in [0.2, 0.25) is 0 Å². The van der Waals surface area contributed by atoms with Gasteiger partial charge in [-0.15, -0.1) is 0 Å².